The number of nitrogens with one attached hydrogen (secondary N) is 3. The molecule has 1 fully saturated rings. The lowest BCUT2D eigenvalue weighted by molar-refractivity contribution is -0.133. The number of amides is 3. The number of rotatable bonds is 17. The number of hydrogen-bond donors (Lipinski definition) is 4. The molecule has 1 heterocycles. The van der Waals surface area contributed by atoms with Gasteiger partial charge in [0.1, 0.15) is 39.8 Å². The number of phenolic OH excluding ortho intramolecular Hbond substituents is 1. The molecule has 1 aliphatic rings. The van der Waals surface area contributed by atoms with Gasteiger partial charge in [-0.2, -0.15) is 0 Å². The van der Waals surface area contributed by atoms with Gasteiger partial charge in [0.2, 0.25) is 17.2 Å². The molecule has 1 saturated heterocycles. The average molecular weight is 1190 g/mol. The molecular formula is C57H50Cl5N5O9S2. The zero-order chi connectivity index (χ0) is 56.4. The van der Waals surface area contributed by atoms with Crippen LogP contribution in [0.3, 0.4) is 0 Å². The molecule has 8 rings (SSSR count). The van der Waals surface area contributed by atoms with E-state index in [0.29, 0.717) is 65.7 Å². The number of thioether (sulfide) groups is 1. The number of amidine groups is 1. The van der Waals surface area contributed by atoms with Crippen LogP contribution in [-0.4, -0.2) is 56.1 Å². The standard InChI is InChI=1S/C34H30Cl4N4O3S.C23H20ClNO6S/c1-5-27(45-28-13-11-18(2)14-20(28)4)33(43)40-25-8-6-7-9-29(25)46-31-32(39-26-15-19(3)10-12-22(26)36)41-42(34(31)44)30-23(37)16-21(35)17-24(30)38;1-14-3-12-20(24)21(13-14)25-23(28)22(15(2)26)30-17-8-10-19(11-9-17)32(29)31-18-6-4-16(27)5-7-18/h6-17,27,31H,5H2,1-4H3,(H,39,41)(H,40,43);3-13,22,27H,1-2H3,(H,25,28). The van der Waals surface area contributed by atoms with Gasteiger partial charge in [-0.1, -0.05) is 107 Å². The van der Waals surface area contributed by atoms with Crippen molar-refractivity contribution in [2.24, 2.45) is 4.99 Å². The van der Waals surface area contributed by atoms with E-state index >= 15 is 0 Å². The molecule has 0 radical (unpaired) electrons. The number of benzene rings is 7. The second-order valence-corrected chi connectivity index (χ2v) is 21.9. The number of aryl methyl sites for hydroxylation is 4. The van der Waals surface area contributed by atoms with Crippen LogP contribution in [0.2, 0.25) is 25.1 Å². The number of para-hydroxylation sites is 1. The van der Waals surface area contributed by atoms with E-state index in [1.165, 1.54) is 84.4 Å². The number of aromatic hydroxyl groups is 1. The quantitative estimate of drug-likeness (QED) is 0.0636. The van der Waals surface area contributed by atoms with Crippen molar-refractivity contribution in [1.82, 2.24) is 5.43 Å². The minimum absolute atomic E-state index is 0.0679. The van der Waals surface area contributed by atoms with E-state index < -0.39 is 40.2 Å². The summed E-state index contributed by atoms with van der Waals surface area (Å²) in [6.07, 6.45) is -1.68. The van der Waals surface area contributed by atoms with Crippen LogP contribution in [0.15, 0.2) is 154 Å². The van der Waals surface area contributed by atoms with Crippen molar-refractivity contribution < 1.29 is 42.2 Å². The predicted molar refractivity (Wildman–Crippen MR) is 312 cm³/mol. The number of aliphatic imine (C=N–C) groups is 1. The van der Waals surface area contributed by atoms with E-state index in [2.05, 4.69) is 16.1 Å². The highest BCUT2D eigenvalue weighted by Gasteiger charge is 2.41. The summed E-state index contributed by atoms with van der Waals surface area (Å²) in [7, 11) is 0. The maximum Gasteiger partial charge on any atom is 0.273 e. The van der Waals surface area contributed by atoms with E-state index in [9.17, 15) is 28.5 Å². The summed E-state index contributed by atoms with van der Waals surface area (Å²) in [4.78, 5) is 58.0. The third-order valence-corrected chi connectivity index (χ3v) is 15.1. The predicted octanol–water partition coefficient (Wildman–Crippen LogP) is 14.2. The molecule has 404 valence electrons. The summed E-state index contributed by atoms with van der Waals surface area (Å²) in [5.41, 5.74) is 8.58. The highest BCUT2D eigenvalue weighted by Crippen LogP contribution is 2.41. The Labute approximate surface area is 483 Å². The summed E-state index contributed by atoms with van der Waals surface area (Å²) in [5, 5.41) is 16.7. The van der Waals surface area contributed by atoms with Crippen molar-refractivity contribution in [2.45, 2.75) is 75.2 Å². The van der Waals surface area contributed by atoms with Gasteiger partial charge in [-0.3, -0.25) is 24.6 Å². The van der Waals surface area contributed by atoms with Gasteiger partial charge in [-0.25, -0.2) is 14.2 Å². The monoisotopic (exact) mass is 1190 g/mol. The van der Waals surface area contributed by atoms with Gasteiger partial charge >= 0.3 is 0 Å². The maximum atomic E-state index is 14.1. The van der Waals surface area contributed by atoms with E-state index in [4.69, 9.17) is 76.7 Å². The fraction of sp³-hybridized carbons (Fsp3) is 0.175. The molecule has 0 aliphatic carbocycles. The number of anilines is 3. The molecule has 4 unspecified atom stereocenters. The van der Waals surface area contributed by atoms with Crippen molar-refractivity contribution in [3.63, 3.8) is 0 Å². The normalized spacial score (nSPS) is 14.6. The molecule has 4 atom stereocenters. The van der Waals surface area contributed by atoms with Crippen LogP contribution in [0, 0.1) is 27.7 Å². The van der Waals surface area contributed by atoms with Crippen LogP contribution in [0.25, 0.3) is 0 Å². The van der Waals surface area contributed by atoms with Crippen LogP contribution in [-0.2, 0) is 30.3 Å². The zero-order valence-corrected chi connectivity index (χ0v) is 47.9. The number of nitrogens with zero attached hydrogens (tertiary/aromatic N) is 2. The third-order valence-electron chi connectivity index (χ3n) is 11.4. The molecule has 0 spiro atoms. The topological polar surface area (TPSA) is 185 Å². The fourth-order valence-electron chi connectivity index (χ4n) is 7.48. The second kappa shape index (κ2) is 26.7. The molecule has 21 heteroatoms. The van der Waals surface area contributed by atoms with Crippen molar-refractivity contribution in [2.75, 3.05) is 15.6 Å². The van der Waals surface area contributed by atoms with Gasteiger partial charge in [0, 0.05) is 9.92 Å². The van der Waals surface area contributed by atoms with Gasteiger partial charge < -0.3 is 29.4 Å². The van der Waals surface area contributed by atoms with E-state index in [1.54, 1.807) is 36.4 Å². The summed E-state index contributed by atoms with van der Waals surface area (Å²) in [5.74, 6) is -0.270. The zero-order valence-electron chi connectivity index (χ0n) is 42.5. The first kappa shape index (κ1) is 58.9. The summed E-state index contributed by atoms with van der Waals surface area (Å²) in [6, 6.07) is 38.4. The summed E-state index contributed by atoms with van der Waals surface area (Å²) < 4.78 is 29.4. The lowest BCUT2D eigenvalue weighted by Crippen LogP contribution is -2.38. The Morgan fingerprint density at radius 1 is 0.718 bits per heavy atom. The minimum atomic E-state index is -1.81. The molecule has 0 bridgehead atoms. The molecular weight excluding hydrogens is 1140 g/mol. The third kappa shape index (κ3) is 15.3. The molecule has 0 aromatic heterocycles. The Bertz CT molecular complexity index is 3420. The Balaban J connectivity index is 0.000000242. The van der Waals surface area contributed by atoms with Crippen molar-refractivity contribution in [1.29, 1.82) is 0 Å². The molecule has 4 N–H and O–H groups in total. The van der Waals surface area contributed by atoms with Gasteiger partial charge in [0.25, 0.3) is 17.7 Å². The van der Waals surface area contributed by atoms with E-state index in [0.717, 1.165) is 22.3 Å². The number of carbonyl (C=O) groups excluding carboxylic acids is 4. The Morgan fingerprint density at radius 3 is 1.97 bits per heavy atom. The Kier molecular flexibility index (Phi) is 20.2. The molecule has 3 amide bonds. The van der Waals surface area contributed by atoms with E-state index in [1.807, 2.05) is 77.1 Å². The van der Waals surface area contributed by atoms with Crippen LogP contribution >= 0.6 is 69.8 Å². The van der Waals surface area contributed by atoms with Crippen molar-refractivity contribution in [3.05, 3.63) is 187 Å². The highest BCUT2D eigenvalue weighted by atomic mass is 35.5. The minimum Gasteiger partial charge on any atom is -0.508 e. The van der Waals surface area contributed by atoms with Crippen molar-refractivity contribution >= 4 is 133 Å². The molecule has 7 aromatic rings. The summed E-state index contributed by atoms with van der Waals surface area (Å²) in [6.45, 7) is 10.9. The lowest BCUT2D eigenvalue weighted by atomic mass is 10.1. The Morgan fingerprint density at radius 2 is 1.32 bits per heavy atom. The van der Waals surface area contributed by atoms with Gasteiger partial charge in [-0.15, -0.1) is 11.8 Å². The molecule has 1 aliphatic heterocycles. The van der Waals surface area contributed by atoms with Crippen LogP contribution in [0.5, 0.6) is 23.0 Å². The van der Waals surface area contributed by atoms with Crippen LogP contribution in [0.1, 0.15) is 42.5 Å². The van der Waals surface area contributed by atoms with Gasteiger partial charge in [0.15, 0.2) is 11.9 Å². The fourth-order valence-corrected chi connectivity index (χ4v) is 10.6. The Hall–Kier alpha value is -6.76. The number of ether oxygens (including phenoxy) is 2. The number of carbonyl (C=O) groups is 4. The SMILES string of the molecule is CC(=O)C(Oc1ccc(S(=O)Oc2ccc(O)cc2)cc1)C(=O)Nc1cc(C)ccc1Cl.CCC(Oc1ccc(C)cc1C)C(=O)Nc1ccccc1SC1C(=O)N(c2c(Cl)cc(Cl)cc2Cl)NC1=Nc1cc(C)ccc1Cl. The second-order valence-electron chi connectivity index (χ2n) is 17.6. The number of hydrazine groups is 1. The summed E-state index contributed by atoms with van der Waals surface area (Å²) >= 11 is 31.2. The first-order chi connectivity index (χ1) is 37.2. The molecule has 78 heavy (non-hydrogen) atoms. The number of phenols is 1. The largest absolute Gasteiger partial charge is 0.508 e. The first-order valence-corrected chi connectivity index (χ1v) is 27.7. The van der Waals surface area contributed by atoms with Gasteiger partial charge in [0.05, 0.1) is 42.0 Å². The number of Topliss-reactive ketones (excluding diaryl/α,β-unsaturated/α-hetero) is 1. The average Bonchev–Trinajstić information content (AvgIpc) is 3.70. The molecule has 0 saturated carbocycles. The van der Waals surface area contributed by atoms with E-state index in [-0.39, 0.29) is 39.0 Å². The number of hydrogen-bond acceptors (Lipinski definition) is 11. The van der Waals surface area contributed by atoms with Crippen LogP contribution < -0.4 is 34.7 Å². The smallest absolute Gasteiger partial charge is 0.273 e. The lowest BCUT2D eigenvalue weighted by Gasteiger charge is -2.20. The highest BCUT2D eigenvalue weighted by molar-refractivity contribution is 8.01. The first-order valence-electron chi connectivity index (χ1n) is 23.8. The maximum absolute atomic E-state index is 14.1. The van der Waals surface area contributed by atoms with Crippen LogP contribution in [0.4, 0.5) is 22.7 Å². The molecule has 7 aromatic carbocycles. The number of ketones is 1. The molecule has 14 nitrogen and oxygen atoms in total. The van der Waals surface area contributed by atoms with Gasteiger partial charge in [-0.05, 0) is 161 Å². The van der Waals surface area contributed by atoms with Crippen molar-refractivity contribution in [3.8, 4) is 23.0 Å². The number of halogens is 5.